The molecule has 1 aliphatic carbocycles. The lowest BCUT2D eigenvalue weighted by Gasteiger charge is -2.18. The highest BCUT2D eigenvalue weighted by Gasteiger charge is 2.30. The van der Waals surface area contributed by atoms with E-state index in [1.807, 2.05) is 5.32 Å². The molecule has 2 aromatic rings. The van der Waals surface area contributed by atoms with Gasteiger partial charge in [0.15, 0.2) is 28.4 Å². The Morgan fingerprint density at radius 2 is 1.66 bits per heavy atom. The van der Waals surface area contributed by atoms with Crippen molar-refractivity contribution in [1.82, 2.24) is 0 Å². The Morgan fingerprint density at radius 3 is 2.24 bits per heavy atom. The van der Waals surface area contributed by atoms with Gasteiger partial charge in [0.1, 0.15) is 10.7 Å². The largest absolute Gasteiger partial charge is 0.465 e. The van der Waals surface area contributed by atoms with E-state index in [1.165, 1.54) is 18.4 Å². The van der Waals surface area contributed by atoms with E-state index >= 15 is 0 Å². The maximum Gasteiger partial charge on any atom is 0.341 e. The van der Waals surface area contributed by atoms with Crippen molar-refractivity contribution in [2.45, 2.75) is 26.2 Å². The number of nitrogens with one attached hydrogen (secondary N) is 2. The van der Waals surface area contributed by atoms with Crippen LogP contribution in [0.1, 0.15) is 34.1 Å². The number of thiophene rings is 1. The third-order valence-corrected chi connectivity index (χ3v) is 5.95. The summed E-state index contributed by atoms with van der Waals surface area (Å²) < 4.78 is 72.4. The molecule has 1 aromatic heterocycles. The molecule has 0 saturated heterocycles. The highest BCUT2D eigenvalue weighted by molar-refractivity contribution is 7.80. The van der Waals surface area contributed by atoms with E-state index in [0.717, 1.165) is 23.3 Å². The molecular formula is C18H15F5N2O2S2. The average Bonchev–Trinajstić information content (AvgIpc) is 3.04. The fraction of sp³-hybridized carbons (Fsp3) is 0.333. The van der Waals surface area contributed by atoms with Crippen LogP contribution in [-0.4, -0.2) is 18.2 Å². The first-order valence-electron chi connectivity index (χ1n) is 8.47. The van der Waals surface area contributed by atoms with Crippen LogP contribution < -0.4 is 10.6 Å². The zero-order valence-electron chi connectivity index (χ0n) is 15.2. The second-order valence-electron chi connectivity index (χ2n) is 6.57. The summed E-state index contributed by atoms with van der Waals surface area (Å²) in [5.41, 5.74) is -0.226. The number of methoxy groups -OCH3 is 1. The van der Waals surface area contributed by atoms with E-state index < -0.39 is 45.9 Å². The summed E-state index contributed by atoms with van der Waals surface area (Å²) in [6.07, 6.45) is 2.26. The maximum absolute atomic E-state index is 13.9. The van der Waals surface area contributed by atoms with Gasteiger partial charge >= 0.3 is 5.97 Å². The van der Waals surface area contributed by atoms with Gasteiger partial charge in [0, 0.05) is 4.88 Å². The van der Waals surface area contributed by atoms with Crippen molar-refractivity contribution < 1.29 is 31.5 Å². The second-order valence-corrected chi connectivity index (χ2v) is 8.08. The second kappa shape index (κ2) is 8.23. The SMILES string of the molecule is COC(=O)c1c(NC(=S)Nc2c(F)c(F)c(F)c(F)c2F)sc2c1CCC(C)C2. The smallest absolute Gasteiger partial charge is 0.341 e. The first-order chi connectivity index (χ1) is 13.6. The molecule has 29 heavy (non-hydrogen) atoms. The Hall–Kier alpha value is -2.27. The first-order valence-corrected chi connectivity index (χ1v) is 9.70. The van der Waals surface area contributed by atoms with Crippen molar-refractivity contribution >= 4 is 45.3 Å². The fourth-order valence-corrected chi connectivity index (χ4v) is 4.79. The topological polar surface area (TPSA) is 50.4 Å². The molecular weight excluding hydrogens is 435 g/mol. The predicted octanol–water partition coefficient (Wildman–Crippen LogP) is 5.16. The standard InChI is InChI=1S/C18H15F5N2O2S2/c1-6-3-4-7-8(5-6)29-16(9(7)17(26)27-2)25-18(28)24-15-13(22)11(20)10(19)12(21)14(15)23/h6H,3-5H2,1-2H3,(H2,24,25,28). The van der Waals surface area contributed by atoms with Crippen molar-refractivity contribution in [2.24, 2.45) is 5.92 Å². The van der Waals surface area contributed by atoms with Gasteiger partial charge in [-0.3, -0.25) is 0 Å². The van der Waals surface area contributed by atoms with Crippen LogP contribution in [0.15, 0.2) is 0 Å². The Kier molecular flexibility index (Phi) is 6.08. The van der Waals surface area contributed by atoms with Gasteiger partial charge in [-0.05, 0) is 43.0 Å². The number of anilines is 2. The number of fused-ring (bicyclic) bond motifs is 1. The lowest BCUT2D eigenvalue weighted by molar-refractivity contribution is 0.0601. The molecule has 0 bridgehead atoms. The van der Waals surface area contributed by atoms with Gasteiger partial charge in [-0.2, -0.15) is 0 Å². The van der Waals surface area contributed by atoms with Crippen molar-refractivity contribution in [3.63, 3.8) is 0 Å². The van der Waals surface area contributed by atoms with E-state index in [1.54, 1.807) is 0 Å². The molecule has 3 rings (SSSR count). The highest BCUT2D eigenvalue weighted by Crippen LogP contribution is 2.40. The molecule has 0 fully saturated rings. The molecule has 1 atom stereocenters. The summed E-state index contributed by atoms with van der Waals surface area (Å²) in [7, 11) is 1.22. The molecule has 0 amide bonds. The molecule has 1 heterocycles. The third kappa shape index (κ3) is 3.93. The summed E-state index contributed by atoms with van der Waals surface area (Å²) in [4.78, 5) is 13.2. The van der Waals surface area contributed by atoms with Crippen LogP contribution in [0.3, 0.4) is 0 Å². The summed E-state index contributed by atoms with van der Waals surface area (Å²) in [6, 6.07) is 0. The molecule has 0 spiro atoms. The summed E-state index contributed by atoms with van der Waals surface area (Å²) in [6.45, 7) is 2.07. The van der Waals surface area contributed by atoms with Crippen molar-refractivity contribution in [1.29, 1.82) is 0 Å². The van der Waals surface area contributed by atoms with Crippen LogP contribution in [0.4, 0.5) is 32.6 Å². The number of carbonyl (C=O) groups excluding carboxylic acids is 1. The van der Waals surface area contributed by atoms with E-state index in [9.17, 15) is 26.7 Å². The van der Waals surface area contributed by atoms with Gasteiger partial charge in [0.25, 0.3) is 0 Å². The molecule has 0 aliphatic heterocycles. The first kappa shape index (κ1) is 21.4. The van der Waals surface area contributed by atoms with Crippen LogP contribution in [0.5, 0.6) is 0 Å². The van der Waals surface area contributed by atoms with E-state index in [-0.39, 0.29) is 10.6 Å². The van der Waals surface area contributed by atoms with Gasteiger partial charge < -0.3 is 15.4 Å². The zero-order valence-corrected chi connectivity index (χ0v) is 16.9. The fourth-order valence-electron chi connectivity index (χ4n) is 3.12. The summed E-state index contributed by atoms with van der Waals surface area (Å²) in [5, 5.41) is 4.44. The van der Waals surface area contributed by atoms with E-state index in [0.29, 0.717) is 12.3 Å². The minimum Gasteiger partial charge on any atom is -0.465 e. The van der Waals surface area contributed by atoms with Crippen molar-refractivity contribution in [2.75, 3.05) is 17.7 Å². The Labute approximate surface area is 172 Å². The number of esters is 1. The number of hydrogen-bond donors (Lipinski definition) is 2. The molecule has 4 nitrogen and oxygen atoms in total. The number of rotatable bonds is 3. The van der Waals surface area contributed by atoms with Crippen LogP contribution in [0.2, 0.25) is 0 Å². The summed E-state index contributed by atoms with van der Waals surface area (Å²) in [5.74, 6) is -10.7. The van der Waals surface area contributed by atoms with Gasteiger partial charge in [-0.15, -0.1) is 11.3 Å². The highest BCUT2D eigenvalue weighted by atomic mass is 32.1. The van der Waals surface area contributed by atoms with E-state index in [4.69, 9.17) is 17.0 Å². The lowest BCUT2D eigenvalue weighted by atomic mass is 9.88. The lowest BCUT2D eigenvalue weighted by Crippen LogP contribution is -2.23. The van der Waals surface area contributed by atoms with Gasteiger partial charge in [0.05, 0.1) is 12.7 Å². The molecule has 1 unspecified atom stereocenters. The number of benzene rings is 1. The molecule has 1 aromatic carbocycles. The van der Waals surface area contributed by atoms with Crippen LogP contribution in [0, 0.1) is 35.0 Å². The Morgan fingerprint density at radius 1 is 1.07 bits per heavy atom. The molecule has 2 N–H and O–H groups in total. The maximum atomic E-state index is 13.9. The molecule has 0 radical (unpaired) electrons. The number of ether oxygens (including phenoxy) is 1. The number of hydrogen-bond acceptors (Lipinski definition) is 4. The average molecular weight is 450 g/mol. The minimum atomic E-state index is -2.27. The normalized spacial score (nSPS) is 15.6. The monoisotopic (exact) mass is 450 g/mol. The molecule has 0 saturated carbocycles. The molecule has 1 aliphatic rings. The third-order valence-electron chi connectivity index (χ3n) is 4.58. The summed E-state index contributed by atoms with van der Waals surface area (Å²) >= 11 is 6.19. The van der Waals surface area contributed by atoms with Crippen molar-refractivity contribution in [3.8, 4) is 0 Å². The van der Waals surface area contributed by atoms with Crippen LogP contribution in [-0.2, 0) is 17.6 Å². The van der Waals surface area contributed by atoms with Crippen LogP contribution >= 0.6 is 23.6 Å². The van der Waals surface area contributed by atoms with Gasteiger partial charge in [-0.1, -0.05) is 6.92 Å². The number of halogens is 5. The van der Waals surface area contributed by atoms with Crippen LogP contribution in [0.25, 0.3) is 0 Å². The van der Waals surface area contributed by atoms with Gasteiger partial charge in [0.2, 0.25) is 5.82 Å². The predicted molar refractivity (Wildman–Crippen MR) is 103 cm³/mol. The number of carbonyl (C=O) groups is 1. The Balaban J connectivity index is 1.92. The quantitative estimate of drug-likeness (QED) is 0.222. The number of thiocarbonyl (C=S) groups is 1. The van der Waals surface area contributed by atoms with E-state index in [2.05, 4.69) is 12.2 Å². The van der Waals surface area contributed by atoms with Crippen molar-refractivity contribution in [3.05, 3.63) is 45.1 Å². The van der Waals surface area contributed by atoms with Gasteiger partial charge in [-0.25, -0.2) is 26.7 Å². The Bertz CT molecular complexity index is 980. The molecule has 11 heteroatoms. The molecule has 156 valence electrons. The zero-order chi connectivity index (χ0) is 21.5. The minimum absolute atomic E-state index is 0.251.